The normalized spacial score (nSPS) is 10.6. The fourth-order valence-electron chi connectivity index (χ4n) is 2.24. The van der Waals surface area contributed by atoms with Crippen LogP contribution in [-0.4, -0.2) is 16.0 Å². The molecule has 1 N–H and O–H groups in total. The summed E-state index contributed by atoms with van der Waals surface area (Å²) in [5.74, 6) is 0.695. The molecule has 1 aromatic heterocycles. The van der Waals surface area contributed by atoms with Gasteiger partial charge in [0.2, 0.25) is 17.6 Å². The van der Waals surface area contributed by atoms with Gasteiger partial charge in [0.25, 0.3) is 0 Å². The van der Waals surface area contributed by atoms with Gasteiger partial charge in [0, 0.05) is 22.0 Å². The number of aryl methyl sites for hydroxylation is 1. The zero-order valence-corrected chi connectivity index (χ0v) is 14.7. The highest BCUT2D eigenvalue weighted by Crippen LogP contribution is 2.19. The molecule has 0 aliphatic carbocycles. The number of hydrogen-bond donors (Lipinski definition) is 1. The van der Waals surface area contributed by atoms with Crippen molar-refractivity contribution in [3.63, 3.8) is 0 Å². The first-order valence-electron chi connectivity index (χ1n) is 7.70. The average Bonchev–Trinajstić information content (AvgIpc) is 3.08. The predicted octanol–water partition coefficient (Wildman–Crippen LogP) is 4.29. The number of carbonyl (C=O) groups is 1. The van der Waals surface area contributed by atoms with E-state index in [0.29, 0.717) is 34.6 Å². The van der Waals surface area contributed by atoms with Crippen LogP contribution in [0.2, 0.25) is 10.0 Å². The third-order valence-corrected chi connectivity index (χ3v) is 4.03. The van der Waals surface area contributed by atoms with Crippen LogP contribution in [0.25, 0.3) is 11.4 Å². The molecule has 3 aromatic rings. The Labute approximate surface area is 155 Å². The standard InChI is InChI=1S/C18H15Cl2N3O2/c19-14-7-4-12(5-8-14)6-9-16(24)21-11-17-22-18(23-25-17)13-2-1-3-15(20)10-13/h1-5,7-8,10H,6,9,11H2,(H,21,24). The summed E-state index contributed by atoms with van der Waals surface area (Å²) >= 11 is 11.8. The third-order valence-electron chi connectivity index (χ3n) is 3.54. The number of nitrogens with zero attached hydrogens (tertiary/aromatic N) is 2. The lowest BCUT2D eigenvalue weighted by molar-refractivity contribution is -0.121. The molecular weight excluding hydrogens is 361 g/mol. The van der Waals surface area contributed by atoms with Crippen LogP contribution in [0.1, 0.15) is 17.9 Å². The average molecular weight is 376 g/mol. The molecular formula is C18H15Cl2N3O2. The molecule has 0 saturated heterocycles. The number of amides is 1. The molecule has 0 saturated carbocycles. The quantitative estimate of drug-likeness (QED) is 0.697. The summed E-state index contributed by atoms with van der Waals surface area (Å²) in [5, 5.41) is 7.95. The van der Waals surface area contributed by atoms with E-state index in [2.05, 4.69) is 15.5 Å². The van der Waals surface area contributed by atoms with Crippen molar-refractivity contribution in [1.29, 1.82) is 0 Å². The van der Waals surface area contributed by atoms with Crippen LogP contribution in [0.3, 0.4) is 0 Å². The van der Waals surface area contributed by atoms with Crippen LogP contribution < -0.4 is 5.32 Å². The number of carbonyl (C=O) groups excluding carboxylic acids is 1. The highest BCUT2D eigenvalue weighted by atomic mass is 35.5. The molecule has 0 fully saturated rings. The first kappa shape index (κ1) is 17.5. The monoisotopic (exact) mass is 375 g/mol. The summed E-state index contributed by atoms with van der Waals surface area (Å²) in [5.41, 5.74) is 1.82. The van der Waals surface area contributed by atoms with Crippen LogP contribution >= 0.6 is 23.2 Å². The van der Waals surface area contributed by atoms with Crippen LogP contribution in [0.15, 0.2) is 53.1 Å². The second-order valence-corrected chi connectivity index (χ2v) is 6.30. The predicted molar refractivity (Wildman–Crippen MR) is 96.4 cm³/mol. The first-order chi connectivity index (χ1) is 12.1. The third kappa shape index (κ3) is 5.05. The van der Waals surface area contributed by atoms with Gasteiger partial charge in [-0.3, -0.25) is 4.79 Å². The maximum absolute atomic E-state index is 11.9. The zero-order chi connectivity index (χ0) is 17.6. The van der Waals surface area contributed by atoms with Crippen molar-refractivity contribution in [2.45, 2.75) is 19.4 Å². The first-order valence-corrected chi connectivity index (χ1v) is 8.45. The van der Waals surface area contributed by atoms with Crippen molar-refractivity contribution in [1.82, 2.24) is 15.5 Å². The highest BCUT2D eigenvalue weighted by Gasteiger charge is 2.10. The Morgan fingerprint density at radius 3 is 2.64 bits per heavy atom. The lowest BCUT2D eigenvalue weighted by atomic mass is 10.1. The van der Waals surface area contributed by atoms with Gasteiger partial charge in [-0.15, -0.1) is 0 Å². The van der Waals surface area contributed by atoms with E-state index in [1.807, 2.05) is 36.4 Å². The molecule has 0 bridgehead atoms. The molecule has 1 heterocycles. The van der Waals surface area contributed by atoms with E-state index in [0.717, 1.165) is 11.1 Å². The summed E-state index contributed by atoms with van der Waals surface area (Å²) in [6, 6.07) is 14.6. The van der Waals surface area contributed by atoms with Gasteiger partial charge in [-0.2, -0.15) is 4.98 Å². The van der Waals surface area contributed by atoms with Crippen LogP contribution in [0.4, 0.5) is 0 Å². The molecule has 128 valence electrons. The second-order valence-electron chi connectivity index (χ2n) is 5.43. The summed E-state index contributed by atoms with van der Waals surface area (Å²) in [6.07, 6.45) is 1.01. The molecule has 1 amide bonds. The lowest BCUT2D eigenvalue weighted by Gasteiger charge is -2.03. The Hall–Kier alpha value is -2.37. The van der Waals surface area contributed by atoms with Crippen LogP contribution in [0, 0.1) is 0 Å². The van der Waals surface area contributed by atoms with Crippen molar-refractivity contribution in [3.05, 3.63) is 70.0 Å². The molecule has 0 aliphatic heterocycles. The van der Waals surface area contributed by atoms with E-state index in [4.69, 9.17) is 27.7 Å². The van der Waals surface area contributed by atoms with Gasteiger partial charge in [-0.25, -0.2) is 0 Å². The number of rotatable bonds is 6. The number of aromatic nitrogens is 2. The van der Waals surface area contributed by atoms with Gasteiger partial charge in [0.15, 0.2) is 0 Å². The summed E-state index contributed by atoms with van der Waals surface area (Å²) in [6.45, 7) is 0.188. The highest BCUT2D eigenvalue weighted by molar-refractivity contribution is 6.31. The minimum atomic E-state index is -0.0857. The van der Waals surface area contributed by atoms with Crippen molar-refractivity contribution < 1.29 is 9.32 Å². The van der Waals surface area contributed by atoms with Crippen molar-refractivity contribution in [2.75, 3.05) is 0 Å². The van der Waals surface area contributed by atoms with Gasteiger partial charge >= 0.3 is 0 Å². The van der Waals surface area contributed by atoms with Crippen molar-refractivity contribution in [2.24, 2.45) is 0 Å². The molecule has 5 nitrogen and oxygen atoms in total. The van der Waals surface area contributed by atoms with E-state index >= 15 is 0 Å². The van der Waals surface area contributed by atoms with E-state index < -0.39 is 0 Å². The molecule has 0 unspecified atom stereocenters. The van der Waals surface area contributed by atoms with E-state index in [9.17, 15) is 4.79 Å². The summed E-state index contributed by atoms with van der Waals surface area (Å²) in [4.78, 5) is 16.2. The minimum Gasteiger partial charge on any atom is -0.347 e. The molecule has 0 aliphatic rings. The SMILES string of the molecule is O=C(CCc1ccc(Cl)cc1)NCc1nc(-c2cccc(Cl)c2)no1. The Morgan fingerprint density at radius 2 is 1.88 bits per heavy atom. The van der Waals surface area contributed by atoms with E-state index in [1.165, 1.54) is 0 Å². The Bertz CT molecular complexity index is 863. The molecule has 25 heavy (non-hydrogen) atoms. The lowest BCUT2D eigenvalue weighted by Crippen LogP contribution is -2.23. The maximum atomic E-state index is 11.9. The van der Waals surface area contributed by atoms with Gasteiger partial charge < -0.3 is 9.84 Å². The van der Waals surface area contributed by atoms with Crippen molar-refractivity contribution in [3.8, 4) is 11.4 Å². The molecule has 0 atom stereocenters. The summed E-state index contributed by atoms with van der Waals surface area (Å²) in [7, 11) is 0. The Morgan fingerprint density at radius 1 is 1.08 bits per heavy atom. The van der Waals surface area contributed by atoms with Gasteiger partial charge in [0.1, 0.15) is 0 Å². The summed E-state index contributed by atoms with van der Waals surface area (Å²) < 4.78 is 5.15. The van der Waals surface area contributed by atoms with Gasteiger partial charge in [0.05, 0.1) is 6.54 Å². The molecule has 0 radical (unpaired) electrons. The zero-order valence-electron chi connectivity index (χ0n) is 13.2. The topological polar surface area (TPSA) is 68.0 Å². The van der Waals surface area contributed by atoms with Crippen LogP contribution in [-0.2, 0) is 17.8 Å². The fourth-order valence-corrected chi connectivity index (χ4v) is 2.56. The molecule has 3 rings (SSSR count). The number of nitrogens with one attached hydrogen (secondary N) is 1. The minimum absolute atomic E-state index is 0.0857. The van der Waals surface area contributed by atoms with E-state index in [-0.39, 0.29) is 12.5 Å². The molecule has 2 aromatic carbocycles. The Kier molecular flexibility index (Phi) is 5.68. The maximum Gasteiger partial charge on any atom is 0.246 e. The number of hydrogen-bond acceptors (Lipinski definition) is 4. The van der Waals surface area contributed by atoms with Gasteiger partial charge in [-0.05, 0) is 36.2 Å². The fraction of sp³-hybridized carbons (Fsp3) is 0.167. The number of benzene rings is 2. The second kappa shape index (κ2) is 8.14. The number of halogens is 2. The molecule has 0 spiro atoms. The van der Waals surface area contributed by atoms with Crippen molar-refractivity contribution >= 4 is 29.1 Å². The Balaban J connectivity index is 1.50. The smallest absolute Gasteiger partial charge is 0.246 e. The van der Waals surface area contributed by atoms with Crippen LogP contribution in [0.5, 0.6) is 0 Å². The largest absolute Gasteiger partial charge is 0.347 e. The van der Waals surface area contributed by atoms with Gasteiger partial charge in [-0.1, -0.05) is 52.6 Å². The van der Waals surface area contributed by atoms with E-state index in [1.54, 1.807) is 12.1 Å². The molecule has 7 heteroatoms.